The number of ketones is 2. The van der Waals surface area contributed by atoms with Gasteiger partial charge in [-0.2, -0.15) is 0 Å². The van der Waals surface area contributed by atoms with E-state index >= 15 is 0 Å². The fourth-order valence-electron chi connectivity index (χ4n) is 7.08. The molecule has 2 aromatic carbocycles. The summed E-state index contributed by atoms with van der Waals surface area (Å²) in [7, 11) is 5.27. The summed E-state index contributed by atoms with van der Waals surface area (Å²) < 4.78 is 0. The molecule has 222 valence electrons. The summed E-state index contributed by atoms with van der Waals surface area (Å²) >= 11 is 0. The first-order valence-corrected chi connectivity index (χ1v) is 14.1. The van der Waals surface area contributed by atoms with Crippen LogP contribution in [0.2, 0.25) is 0 Å². The summed E-state index contributed by atoms with van der Waals surface area (Å²) in [4.78, 5) is 43.3. The number of carbonyl (C=O) groups excluding carboxylic acids is 3. The van der Waals surface area contributed by atoms with Crippen molar-refractivity contribution in [3.63, 3.8) is 0 Å². The largest absolute Gasteiger partial charge is 0.510 e. The maximum atomic E-state index is 14.0. The third kappa shape index (κ3) is 4.41. The van der Waals surface area contributed by atoms with Crippen LogP contribution >= 0.6 is 0 Å². The number of carbonyl (C=O) groups is 3. The second-order valence-electron chi connectivity index (χ2n) is 11.9. The lowest BCUT2D eigenvalue weighted by atomic mass is 9.58. The molecular formula is C32H37N3O7. The summed E-state index contributed by atoms with van der Waals surface area (Å²) in [5.41, 5.74) is 5.10. The molecule has 1 amide bonds. The van der Waals surface area contributed by atoms with Crippen molar-refractivity contribution in [3.8, 4) is 16.9 Å². The molecule has 4 atom stereocenters. The van der Waals surface area contributed by atoms with Gasteiger partial charge in [0.15, 0.2) is 11.4 Å². The predicted molar refractivity (Wildman–Crippen MR) is 156 cm³/mol. The number of likely N-dealkylation sites (N-methyl/N-ethyl adjacent to an activating group) is 1. The molecule has 3 aliphatic rings. The maximum Gasteiger partial charge on any atom is 0.255 e. The molecule has 0 saturated heterocycles. The summed E-state index contributed by atoms with van der Waals surface area (Å²) in [6.07, 6.45) is 1.34. The van der Waals surface area contributed by atoms with E-state index in [4.69, 9.17) is 5.73 Å². The van der Waals surface area contributed by atoms with E-state index in [0.717, 1.165) is 36.2 Å². The molecule has 0 heterocycles. The van der Waals surface area contributed by atoms with Gasteiger partial charge in [-0.05, 0) is 81.2 Å². The zero-order valence-electron chi connectivity index (χ0n) is 24.2. The molecular weight excluding hydrogens is 538 g/mol. The van der Waals surface area contributed by atoms with E-state index in [9.17, 15) is 34.8 Å². The molecule has 0 radical (unpaired) electrons. The highest BCUT2D eigenvalue weighted by Gasteiger charge is 2.63. The third-order valence-electron chi connectivity index (χ3n) is 8.93. The Labute approximate surface area is 244 Å². The molecule has 0 fully saturated rings. The number of phenols is 1. The fourth-order valence-corrected chi connectivity index (χ4v) is 7.08. The average molecular weight is 576 g/mol. The van der Waals surface area contributed by atoms with Gasteiger partial charge in [0.1, 0.15) is 22.8 Å². The van der Waals surface area contributed by atoms with E-state index in [0.29, 0.717) is 5.56 Å². The number of amides is 1. The maximum absolute atomic E-state index is 14.0. The van der Waals surface area contributed by atoms with Crippen LogP contribution < -0.4 is 5.73 Å². The number of aromatic hydroxyl groups is 1. The molecule has 5 rings (SSSR count). The SMILES string of the molecule is CCCN(C)Cc1ccc(-c2ccc(O)c3c2CC2CC4C(N(C)C)C(O)=C(C(N)=O)C(=O)C4(O)C(O)=C2C3=O)cc1. The van der Waals surface area contributed by atoms with Crippen LogP contribution in [-0.4, -0.2) is 87.0 Å². The molecule has 0 spiro atoms. The van der Waals surface area contributed by atoms with E-state index in [-0.39, 0.29) is 29.7 Å². The minimum absolute atomic E-state index is 0.0000349. The molecule has 0 bridgehead atoms. The molecule has 10 heteroatoms. The second kappa shape index (κ2) is 10.7. The van der Waals surface area contributed by atoms with Crippen molar-refractivity contribution >= 4 is 17.5 Å². The number of aliphatic hydroxyl groups excluding tert-OH is 2. The van der Waals surface area contributed by atoms with Crippen LogP contribution in [0, 0.1) is 11.8 Å². The highest BCUT2D eigenvalue weighted by molar-refractivity contribution is 6.24. The number of primary amides is 1. The Bertz CT molecular complexity index is 1540. The van der Waals surface area contributed by atoms with Crippen molar-refractivity contribution in [2.24, 2.45) is 17.6 Å². The Morgan fingerprint density at radius 3 is 2.31 bits per heavy atom. The Morgan fingerprint density at radius 1 is 1.05 bits per heavy atom. The van der Waals surface area contributed by atoms with E-state index in [1.165, 1.54) is 11.0 Å². The lowest BCUT2D eigenvalue weighted by Gasteiger charge is -2.50. The standard InChI is InChI=1S/C32H37N3O7/c1-5-12-35(4)15-16-6-8-17(9-7-16)19-10-11-22(36)24-20(19)13-18-14-21-26(34(2)3)28(38)25(31(33)41)30(40)32(21,42)29(39)23(18)27(24)37/h6-11,18,21,26,36,38-39,42H,5,12-15H2,1-4H3,(H2,33,41). The molecule has 0 aromatic heterocycles. The molecule has 0 aliphatic heterocycles. The number of aliphatic hydroxyl groups is 3. The molecule has 2 aromatic rings. The summed E-state index contributed by atoms with van der Waals surface area (Å²) in [5.74, 6) is -6.62. The zero-order valence-corrected chi connectivity index (χ0v) is 24.2. The molecule has 0 saturated carbocycles. The lowest BCUT2D eigenvalue weighted by molar-refractivity contribution is -0.148. The molecule has 42 heavy (non-hydrogen) atoms. The van der Waals surface area contributed by atoms with Crippen LogP contribution in [0.25, 0.3) is 11.1 Å². The summed E-state index contributed by atoms with van der Waals surface area (Å²) in [6, 6.07) is 10.2. The van der Waals surface area contributed by atoms with Gasteiger partial charge in [-0.15, -0.1) is 0 Å². The van der Waals surface area contributed by atoms with E-state index in [1.807, 2.05) is 24.3 Å². The second-order valence-corrected chi connectivity index (χ2v) is 11.9. The number of phenolic OH excluding ortho intramolecular Hbond substituents is 1. The minimum atomic E-state index is -2.65. The number of Topliss-reactive ketones (excluding diaryl/α,β-unsaturated/α-hetero) is 2. The lowest BCUT2D eigenvalue weighted by Crippen LogP contribution is -2.63. The number of hydrogen-bond donors (Lipinski definition) is 5. The first-order valence-electron chi connectivity index (χ1n) is 14.1. The molecule has 10 nitrogen and oxygen atoms in total. The van der Waals surface area contributed by atoms with Gasteiger partial charge < -0.3 is 31.1 Å². The van der Waals surface area contributed by atoms with Gasteiger partial charge in [0.2, 0.25) is 5.78 Å². The molecule has 3 aliphatic carbocycles. The monoisotopic (exact) mass is 575 g/mol. The molecule has 4 unspecified atom stereocenters. The van der Waals surface area contributed by atoms with E-state index in [2.05, 4.69) is 18.9 Å². The first kappa shape index (κ1) is 29.5. The van der Waals surface area contributed by atoms with Crippen molar-refractivity contribution in [2.45, 2.75) is 44.4 Å². The Hall–Kier alpha value is -3.99. The number of fused-ring (bicyclic) bond motifs is 3. The molecule has 6 N–H and O–H groups in total. The minimum Gasteiger partial charge on any atom is -0.510 e. The smallest absolute Gasteiger partial charge is 0.255 e. The Morgan fingerprint density at radius 2 is 1.71 bits per heavy atom. The van der Waals surface area contributed by atoms with Gasteiger partial charge in [0.25, 0.3) is 5.91 Å². The van der Waals surface area contributed by atoms with Crippen LogP contribution in [0.5, 0.6) is 5.75 Å². The van der Waals surface area contributed by atoms with Crippen LogP contribution in [0.15, 0.2) is 59.1 Å². The average Bonchev–Trinajstić information content (AvgIpc) is 2.91. The number of rotatable bonds is 7. The van der Waals surface area contributed by atoms with Gasteiger partial charge in [0.05, 0.1) is 11.6 Å². The van der Waals surface area contributed by atoms with Gasteiger partial charge in [-0.1, -0.05) is 37.3 Å². The topological polar surface area (TPSA) is 165 Å². The quantitative estimate of drug-likeness (QED) is 0.312. The predicted octanol–water partition coefficient (Wildman–Crippen LogP) is 2.63. The van der Waals surface area contributed by atoms with Gasteiger partial charge in [-0.3, -0.25) is 19.3 Å². The van der Waals surface area contributed by atoms with Crippen LogP contribution in [0.3, 0.4) is 0 Å². The number of nitrogens with zero attached hydrogens (tertiary/aromatic N) is 2. The fraction of sp³-hybridized carbons (Fsp3) is 0.406. The third-order valence-corrected chi connectivity index (χ3v) is 8.93. The Balaban J connectivity index is 1.61. The van der Waals surface area contributed by atoms with Gasteiger partial charge >= 0.3 is 0 Å². The summed E-state index contributed by atoms with van der Waals surface area (Å²) in [5, 5.41) is 45.0. The van der Waals surface area contributed by atoms with Crippen molar-refractivity contribution in [1.82, 2.24) is 9.80 Å². The summed E-state index contributed by atoms with van der Waals surface area (Å²) in [6.45, 7) is 3.91. The number of nitrogens with two attached hydrogens (primary N) is 1. The van der Waals surface area contributed by atoms with E-state index < -0.39 is 58.0 Å². The number of hydrogen-bond acceptors (Lipinski definition) is 9. The highest BCUT2D eigenvalue weighted by atomic mass is 16.3. The normalized spacial score (nSPS) is 25.5. The van der Waals surface area contributed by atoms with Crippen LogP contribution in [0.4, 0.5) is 0 Å². The van der Waals surface area contributed by atoms with E-state index in [1.54, 1.807) is 20.2 Å². The van der Waals surface area contributed by atoms with Crippen LogP contribution in [0.1, 0.15) is 41.3 Å². The number of benzene rings is 2. The van der Waals surface area contributed by atoms with Crippen LogP contribution in [-0.2, 0) is 22.6 Å². The zero-order chi connectivity index (χ0) is 30.7. The Kier molecular flexibility index (Phi) is 7.51. The number of allylic oxidation sites excluding steroid dienone is 1. The van der Waals surface area contributed by atoms with Gasteiger partial charge in [-0.25, -0.2) is 0 Å². The first-order chi connectivity index (χ1) is 19.8. The van der Waals surface area contributed by atoms with Gasteiger partial charge in [0, 0.05) is 18.0 Å². The van der Waals surface area contributed by atoms with Crippen molar-refractivity contribution in [1.29, 1.82) is 0 Å². The van der Waals surface area contributed by atoms with Crippen molar-refractivity contribution in [3.05, 3.63) is 75.8 Å². The van der Waals surface area contributed by atoms with Crippen molar-refractivity contribution < 1.29 is 34.8 Å². The van der Waals surface area contributed by atoms with Crippen molar-refractivity contribution in [2.75, 3.05) is 27.7 Å². The highest BCUT2D eigenvalue weighted by Crippen LogP contribution is 2.53.